The van der Waals surface area contributed by atoms with Crippen LogP contribution in [0.2, 0.25) is 0 Å². The number of hydrogen-bond donors (Lipinski definition) is 1. The first-order valence-corrected chi connectivity index (χ1v) is 10.2. The fourth-order valence-electron chi connectivity index (χ4n) is 3.41. The third-order valence-corrected chi connectivity index (χ3v) is 5.91. The minimum atomic E-state index is 0.727. The Bertz CT molecular complexity index is 1270. The summed E-state index contributed by atoms with van der Waals surface area (Å²) in [7, 11) is 0. The molecule has 142 valence electrons. The van der Waals surface area contributed by atoms with E-state index < -0.39 is 0 Å². The van der Waals surface area contributed by atoms with Gasteiger partial charge in [0.15, 0.2) is 5.13 Å². The highest BCUT2D eigenvalue weighted by molar-refractivity contribution is 7.18. The van der Waals surface area contributed by atoms with Gasteiger partial charge in [-0.15, -0.1) is 0 Å². The van der Waals surface area contributed by atoms with Crippen molar-refractivity contribution in [3.05, 3.63) is 90.8 Å². The minimum Gasteiger partial charge on any atom is -0.357 e. The molecule has 0 amide bonds. The Morgan fingerprint density at radius 2 is 1.86 bits per heavy atom. The fourth-order valence-corrected chi connectivity index (χ4v) is 4.20. The largest absolute Gasteiger partial charge is 0.357 e. The van der Waals surface area contributed by atoms with Gasteiger partial charge in [0.25, 0.3) is 0 Å². The molecule has 4 aromatic heterocycles. The first-order valence-electron chi connectivity index (χ1n) is 9.39. The summed E-state index contributed by atoms with van der Waals surface area (Å²) in [5.74, 6) is 0. The summed E-state index contributed by atoms with van der Waals surface area (Å²) in [4.78, 5) is 14.3. The Morgan fingerprint density at radius 3 is 2.72 bits per heavy atom. The number of anilines is 1. The van der Waals surface area contributed by atoms with Crippen LogP contribution in [0.5, 0.6) is 0 Å². The van der Waals surface area contributed by atoms with Crippen molar-refractivity contribution in [1.82, 2.24) is 19.4 Å². The van der Waals surface area contributed by atoms with Crippen LogP contribution in [0.3, 0.4) is 0 Å². The molecule has 0 bridgehead atoms. The summed E-state index contributed by atoms with van der Waals surface area (Å²) in [6.07, 6.45) is 11.5. The molecular weight excluding hydrogens is 378 g/mol. The summed E-state index contributed by atoms with van der Waals surface area (Å²) >= 11 is 1.65. The highest BCUT2D eigenvalue weighted by Crippen LogP contribution is 2.34. The molecule has 1 N–H and O–H groups in total. The van der Waals surface area contributed by atoms with Crippen molar-refractivity contribution in [2.75, 3.05) is 5.32 Å². The zero-order valence-electron chi connectivity index (χ0n) is 15.9. The van der Waals surface area contributed by atoms with Gasteiger partial charge in [0.05, 0.1) is 4.88 Å². The molecule has 29 heavy (non-hydrogen) atoms. The first-order chi connectivity index (χ1) is 14.3. The average molecular weight is 398 g/mol. The lowest BCUT2D eigenvalue weighted by molar-refractivity contribution is 1.12. The Labute approximate surface area is 172 Å². The summed E-state index contributed by atoms with van der Waals surface area (Å²) in [6, 6.07) is 14.6. The predicted molar refractivity (Wildman–Crippen MR) is 118 cm³/mol. The number of aromatic nitrogens is 4. The zero-order valence-corrected chi connectivity index (χ0v) is 16.7. The number of rotatable bonds is 5. The van der Waals surface area contributed by atoms with Gasteiger partial charge in [-0.2, -0.15) is 0 Å². The molecule has 1 aromatic carbocycles. The molecule has 6 heteroatoms. The summed E-state index contributed by atoms with van der Waals surface area (Å²) in [5.41, 5.74) is 6.83. The number of pyridine rings is 2. The van der Waals surface area contributed by atoms with Gasteiger partial charge >= 0.3 is 0 Å². The standard InChI is InChI=1S/C23H19N5S/c1-16-4-2-3-5-19(16)20-12-18(15-28-11-10-25-22(20)28)21-14-27-23(29-21)26-13-17-6-8-24-9-7-17/h2-12,14-15H,13H2,1H3,(H,26,27). The number of imidazole rings is 1. The number of hydrogen-bond acceptors (Lipinski definition) is 5. The van der Waals surface area contributed by atoms with Crippen molar-refractivity contribution in [1.29, 1.82) is 0 Å². The van der Waals surface area contributed by atoms with Crippen LogP contribution in [0.15, 0.2) is 79.6 Å². The van der Waals surface area contributed by atoms with Gasteiger partial charge in [0.1, 0.15) is 5.65 Å². The highest BCUT2D eigenvalue weighted by Gasteiger charge is 2.13. The number of nitrogens with zero attached hydrogens (tertiary/aromatic N) is 4. The normalized spacial score (nSPS) is 11.1. The summed E-state index contributed by atoms with van der Waals surface area (Å²) in [5, 5.41) is 4.30. The quantitative estimate of drug-likeness (QED) is 0.429. The molecule has 0 saturated heterocycles. The molecule has 0 spiro atoms. The lowest BCUT2D eigenvalue weighted by Gasteiger charge is -2.10. The van der Waals surface area contributed by atoms with Crippen molar-refractivity contribution >= 4 is 22.1 Å². The highest BCUT2D eigenvalue weighted by atomic mass is 32.1. The van der Waals surface area contributed by atoms with Crippen LogP contribution in [-0.4, -0.2) is 19.4 Å². The van der Waals surface area contributed by atoms with Crippen LogP contribution in [0.4, 0.5) is 5.13 Å². The zero-order chi connectivity index (χ0) is 19.6. The SMILES string of the molecule is Cc1ccccc1-c1cc(-c2cnc(NCc3ccncc3)s2)cn2ccnc12. The molecular formula is C23H19N5S. The second-order valence-corrected chi connectivity index (χ2v) is 7.88. The van der Waals surface area contributed by atoms with Gasteiger partial charge < -0.3 is 9.72 Å². The van der Waals surface area contributed by atoms with E-state index in [1.54, 1.807) is 23.7 Å². The van der Waals surface area contributed by atoms with Crippen LogP contribution in [-0.2, 0) is 6.54 Å². The molecule has 4 heterocycles. The van der Waals surface area contributed by atoms with Crippen molar-refractivity contribution < 1.29 is 0 Å². The predicted octanol–water partition coefficient (Wildman–Crippen LogP) is 5.44. The molecule has 5 nitrogen and oxygen atoms in total. The van der Waals surface area contributed by atoms with Crippen molar-refractivity contribution in [2.45, 2.75) is 13.5 Å². The Hall–Kier alpha value is -3.51. The Balaban J connectivity index is 1.50. The van der Waals surface area contributed by atoms with E-state index in [2.05, 4.69) is 68.1 Å². The van der Waals surface area contributed by atoms with Crippen LogP contribution in [0.25, 0.3) is 27.2 Å². The van der Waals surface area contributed by atoms with Gasteiger partial charge in [-0.1, -0.05) is 35.6 Å². The van der Waals surface area contributed by atoms with Gasteiger partial charge in [-0.25, -0.2) is 9.97 Å². The maximum absolute atomic E-state index is 4.57. The molecule has 0 fully saturated rings. The van der Waals surface area contributed by atoms with E-state index in [1.165, 1.54) is 16.7 Å². The molecule has 0 aliphatic carbocycles. The molecule has 0 aliphatic heterocycles. The van der Waals surface area contributed by atoms with E-state index in [9.17, 15) is 0 Å². The van der Waals surface area contributed by atoms with Crippen molar-refractivity contribution in [3.63, 3.8) is 0 Å². The molecule has 5 aromatic rings. The van der Waals surface area contributed by atoms with Crippen LogP contribution in [0, 0.1) is 6.92 Å². The van der Waals surface area contributed by atoms with E-state index in [0.29, 0.717) is 0 Å². The number of benzene rings is 1. The van der Waals surface area contributed by atoms with Crippen LogP contribution in [0.1, 0.15) is 11.1 Å². The molecule has 5 rings (SSSR count). The van der Waals surface area contributed by atoms with Crippen molar-refractivity contribution in [2.24, 2.45) is 0 Å². The van der Waals surface area contributed by atoms with Gasteiger partial charge in [0.2, 0.25) is 0 Å². The lowest BCUT2D eigenvalue weighted by Crippen LogP contribution is -1.98. The maximum Gasteiger partial charge on any atom is 0.183 e. The number of nitrogens with one attached hydrogen (secondary N) is 1. The van der Waals surface area contributed by atoms with Crippen LogP contribution < -0.4 is 5.32 Å². The van der Waals surface area contributed by atoms with E-state index in [-0.39, 0.29) is 0 Å². The van der Waals surface area contributed by atoms with E-state index in [0.717, 1.165) is 33.3 Å². The lowest BCUT2D eigenvalue weighted by atomic mass is 10.00. The minimum absolute atomic E-state index is 0.727. The molecule has 0 aliphatic rings. The maximum atomic E-state index is 4.57. The van der Waals surface area contributed by atoms with E-state index >= 15 is 0 Å². The number of fused-ring (bicyclic) bond motifs is 1. The number of thiazole rings is 1. The molecule has 0 radical (unpaired) electrons. The van der Waals surface area contributed by atoms with Gasteiger partial charge in [-0.05, 0) is 41.8 Å². The third kappa shape index (κ3) is 3.50. The monoisotopic (exact) mass is 397 g/mol. The molecule has 0 saturated carbocycles. The Kier molecular flexibility index (Phi) is 4.54. The Morgan fingerprint density at radius 1 is 1.00 bits per heavy atom. The van der Waals surface area contributed by atoms with Gasteiger partial charge in [0, 0.05) is 54.9 Å². The first kappa shape index (κ1) is 17.6. The molecule has 0 unspecified atom stereocenters. The van der Waals surface area contributed by atoms with Crippen molar-refractivity contribution in [3.8, 4) is 21.6 Å². The smallest absolute Gasteiger partial charge is 0.183 e. The summed E-state index contributed by atoms with van der Waals surface area (Å²) in [6.45, 7) is 2.86. The average Bonchev–Trinajstić information content (AvgIpc) is 3.42. The van der Waals surface area contributed by atoms with Gasteiger partial charge in [-0.3, -0.25) is 4.98 Å². The number of aryl methyl sites for hydroxylation is 1. The molecule has 0 atom stereocenters. The fraction of sp³-hybridized carbons (Fsp3) is 0.0870. The summed E-state index contributed by atoms with van der Waals surface area (Å²) < 4.78 is 2.08. The second kappa shape index (κ2) is 7.48. The van der Waals surface area contributed by atoms with E-state index in [4.69, 9.17) is 0 Å². The third-order valence-electron chi connectivity index (χ3n) is 4.91. The van der Waals surface area contributed by atoms with Crippen LogP contribution >= 0.6 is 11.3 Å². The second-order valence-electron chi connectivity index (χ2n) is 6.85. The topological polar surface area (TPSA) is 55.1 Å². The van der Waals surface area contributed by atoms with E-state index in [1.807, 2.05) is 30.7 Å².